The number of likely N-dealkylation sites (N-methyl/N-ethyl adjacent to an activating group) is 1. The number of benzene rings is 1. The molecule has 1 aromatic heterocycles. The van der Waals surface area contributed by atoms with Crippen LogP contribution in [-0.4, -0.2) is 37.0 Å². The molecule has 2 N–H and O–H groups in total. The highest BCUT2D eigenvalue weighted by molar-refractivity contribution is 6.30. The van der Waals surface area contributed by atoms with Crippen molar-refractivity contribution in [2.45, 2.75) is 19.9 Å². The van der Waals surface area contributed by atoms with Crippen LogP contribution >= 0.6 is 11.6 Å². The minimum absolute atomic E-state index is 0.0938. The minimum atomic E-state index is -0.469. The van der Waals surface area contributed by atoms with Gasteiger partial charge in [-0.2, -0.15) is 0 Å². The van der Waals surface area contributed by atoms with Crippen LogP contribution in [0.4, 0.5) is 4.79 Å². The fraction of sp³-hybridized carbons (Fsp3) is 0.333. The lowest BCUT2D eigenvalue weighted by Gasteiger charge is -2.14. The number of rotatable bonds is 7. The number of amides is 3. The van der Waals surface area contributed by atoms with Crippen molar-refractivity contribution in [2.24, 2.45) is 0 Å². The van der Waals surface area contributed by atoms with E-state index < -0.39 is 6.03 Å². The van der Waals surface area contributed by atoms with E-state index in [2.05, 4.69) is 10.6 Å². The van der Waals surface area contributed by atoms with Crippen LogP contribution in [0.1, 0.15) is 19.1 Å². The van der Waals surface area contributed by atoms with E-state index in [-0.39, 0.29) is 12.5 Å². The van der Waals surface area contributed by atoms with Crippen LogP contribution in [0.2, 0.25) is 5.02 Å². The Morgan fingerprint density at radius 1 is 1.16 bits per heavy atom. The predicted octanol–water partition coefficient (Wildman–Crippen LogP) is 3.27. The molecule has 2 aromatic rings. The van der Waals surface area contributed by atoms with Crippen molar-refractivity contribution in [1.82, 2.24) is 15.5 Å². The van der Waals surface area contributed by atoms with Gasteiger partial charge in [0.05, 0.1) is 13.1 Å². The van der Waals surface area contributed by atoms with Gasteiger partial charge in [-0.05, 0) is 49.9 Å². The quantitative estimate of drug-likeness (QED) is 0.791. The molecule has 0 atom stereocenters. The zero-order valence-corrected chi connectivity index (χ0v) is 15.1. The second-order valence-electron chi connectivity index (χ2n) is 5.75. The molecule has 25 heavy (non-hydrogen) atoms. The summed E-state index contributed by atoms with van der Waals surface area (Å²) in [5, 5.41) is 5.56. The standard InChI is InChI=1S/C18H22ClN3O3/c1-3-10-20-18(24)21-17(23)12-22(2)11-15-8-9-16(25-15)13-4-6-14(19)7-5-13/h4-9H,3,10-12H2,1-2H3,(H2,20,21,23,24). The summed E-state index contributed by atoms with van der Waals surface area (Å²) in [4.78, 5) is 25.0. The highest BCUT2D eigenvalue weighted by atomic mass is 35.5. The second-order valence-corrected chi connectivity index (χ2v) is 6.19. The Balaban J connectivity index is 1.84. The molecule has 0 saturated carbocycles. The number of nitrogens with one attached hydrogen (secondary N) is 2. The lowest BCUT2D eigenvalue weighted by atomic mass is 10.2. The Bertz CT molecular complexity index is 713. The van der Waals surface area contributed by atoms with Gasteiger partial charge in [-0.15, -0.1) is 0 Å². The Labute approximate surface area is 152 Å². The summed E-state index contributed by atoms with van der Waals surface area (Å²) in [6.07, 6.45) is 0.815. The Morgan fingerprint density at radius 3 is 2.56 bits per heavy atom. The van der Waals surface area contributed by atoms with Gasteiger partial charge in [-0.3, -0.25) is 15.0 Å². The number of urea groups is 1. The molecule has 0 bridgehead atoms. The normalized spacial score (nSPS) is 10.7. The van der Waals surface area contributed by atoms with Crippen LogP contribution < -0.4 is 10.6 Å². The van der Waals surface area contributed by atoms with Crippen LogP contribution in [-0.2, 0) is 11.3 Å². The third-order valence-electron chi connectivity index (χ3n) is 3.42. The van der Waals surface area contributed by atoms with Crippen LogP contribution in [0.3, 0.4) is 0 Å². The molecule has 2 rings (SSSR count). The van der Waals surface area contributed by atoms with Crippen molar-refractivity contribution in [1.29, 1.82) is 0 Å². The Hall–Kier alpha value is -2.31. The van der Waals surface area contributed by atoms with Gasteiger partial charge in [0, 0.05) is 17.1 Å². The zero-order chi connectivity index (χ0) is 18.2. The SMILES string of the molecule is CCCNC(=O)NC(=O)CN(C)Cc1ccc(-c2ccc(Cl)cc2)o1. The first-order chi connectivity index (χ1) is 12.0. The lowest BCUT2D eigenvalue weighted by molar-refractivity contribution is -0.121. The van der Waals surface area contributed by atoms with Crippen LogP contribution in [0, 0.1) is 0 Å². The molecule has 3 amide bonds. The number of carbonyl (C=O) groups excluding carboxylic acids is 2. The number of hydrogen-bond donors (Lipinski definition) is 2. The number of hydrogen-bond acceptors (Lipinski definition) is 4. The van der Waals surface area contributed by atoms with Crippen molar-refractivity contribution >= 4 is 23.5 Å². The van der Waals surface area contributed by atoms with Crippen molar-refractivity contribution < 1.29 is 14.0 Å². The maximum absolute atomic E-state index is 11.8. The van der Waals surface area contributed by atoms with Gasteiger partial charge < -0.3 is 9.73 Å². The molecule has 0 aliphatic rings. The topological polar surface area (TPSA) is 74.6 Å². The summed E-state index contributed by atoms with van der Waals surface area (Å²) in [5.41, 5.74) is 0.934. The minimum Gasteiger partial charge on any atom is -0.460 e. The smallest absolute Gasteiger partial charge is 0.321 e. The van der Waals surface area contributed by atoms with E-state index >= 15 is 0 Å². The van der Waals surface area contributed by atoms with E-state index in [9.17, 15) is 9.59 Å². The zero-order valence-electron chi connectivity index (χ0n) is 14.3. The van der Waals surface area contributed by atoms with Crippen molar-refractivity contribution in [2.75, 3.05) is 20.1 Å². The molecule has 134 valence electrons. The van der Waals surface area contributed by atoms with Gasteiger partial charge >= 0.3 is 6.03 Å². The van der Waals surface area contributed by atoms with Crippen molar-refractivity contribution in [3.8, 4) is 11.3 Å². The highest BCUT2D eigenvalue weighted by Gasteiger charge is 2.12. The van der Waals surface area contributed by atoms with E-state index in [0.717, 1.165) is 23.5 Å². The van der Waals surface area contributed by atoms with Crippen molar-refractivity contribution in [3.63, 3.8) is 0 Å². The molecular weight excluding hydrogens is 342 g/mol. The van der Waals surface area contributed by atoms with Gasteiger partial charge in [0.25, 0.3) is 0 Å². The number of furan rings is 1. The highest BCUT2D eigenvalue weighted by Crippen LogP contribution is 2.24. The predicted molar refractivity (Wildman–Crippen MR) is 97.3 cm³/mol. The molecule has 1 heterocycles. The molecule has 1 aromatic carbocycles. The summed E-state index contributed by atoms with van der Waals surface area (Å²) >= 11 is 5.88. The van der Waals surface area contributed by atoms with Gasteiger partial charge in [-0.1, -0.05) is 18.5 Å². The largest absolute Gasteiger partial charge is 0.460 e. The van der Waals surface area contributed by atoms with Gasteiger partial charge in [-0.25, -0.2) is 4.79 Å². The van der Waals surface area contributed by atoms with Crippen LogP contribution in [0.15, 0.2) is 40.8 Å². The molecule has 0 unspecified atom stereocenters. The number of nitrogens with zero attached hydrogens (tertiary/aromatic N) is 1. The first-order valence-corrected chi connectivity index (χ1v) is 8.46. The van der Waals surface area contributed by atoms with Gasteiger partial charge in [0.2, 0.25) is 5.91 Å². The third kappa shape index (κ3) is 6.25. The summed E-state index contributed by atoms with van der Waals surface area (Å²) in [5.74, 6) is 1.11. The summed E-state index contributed by atoms with van der Waals surface area (Å²) in [6, 6.07) is 10.7. The van der Waals surface area contributed by atoms with Crippen LogP contribution in [0.25, 0.3) is 11.3 Å². The summed E-state index contributed by atoms with van der Waals surface area (Å²) in [7, 11) is 1.79. The number of carbonyl (C=O) groups is 2. The average Bonchev–Trinajstić information content (AvgIpc) is 3.01. The fourth-order valence-corrected chi connectivity index (χ4v) is 2.37. The van der Waals surface area contributed by atoms with Gasteiger partial charge in [0.1, 0.15) is 11.5 Å². The lowest BCUT2D eigenvalue weighted by Crippen LogP contribution is -2.43. The Kier molecular flexibility index (Phi) is 7.03. The second kappa shape index (κ2) is 9.25. The molecule has 0 radical (unpaired) electrons. The summed E-state index contributed by atoms with van der Waals surface area (Å²) in [6.45, 7) is 3.03. The van der Waals surface area contributed by atoms with E-state index in [1.165, 1.54) is 0 Å². The fourth-order valence-electron chi connectivity index (χ4n) is 2.25. The molecule has 6 nitrogen and oxygen atoms in total. The maximum Gasteiger partial charge on any atom is 0.321 e. The molecule has 0 aliphatic carbocycles. The average molecular weight is 364 g/mol. The third-order valence-corrected chi connectivity index (χ3v) is 3.67. The number of imide groups is 1. The molecule has 7 heteroatoms. The van der Waals surface area contributed by atoms with E-state index in [4.69, 9.17) is 16.0 Å². The van der Waals surface area contributed by atoms with Gasteiger partial charge in [0.15, 0.2) is 0 Å². The van der Waals surface area contributed by atoms with E-state index in [0.29, 0.717) is 18.1 Å². The first kappa shape index (κ1) is 19.0. The van der Waals surface area contributed by atoms with Crippen LogP contribution in [0.5, 0.6) is 0 Å². The molecular formula is C18H22ClN3O3. The van der Waals surface area contributed by atoms with E-state index in [1.807, 2.05) is 31.2 Å². The van der Waals surface area contributed by atoms with Crippen molar-refractivity contribution in [3.05, 3.63) is 47.2 Å². The Morgan fingerprint density at radius 2 is 1.88 bits per heavy atom. The molecule has 0 fully saturated rings. The van der Waals surface area contributed by atoms with E-state index in [1.54, 1.807) is 24.1 Å². The molecule has 0 aliphatic heterocycles. The number of halogens is 1. The molecule has 0 saturated heterocycles. The monoisotopic (exact) mass is 363 g/mol. The summed E-state index contributed by atoms with van der Waals surface area (Å²) < 4.78 is 5.80. The maximum atomic E-state index is 11.8. The molecule has 0 spiro atoms. The first-order valence-electron chi connectivity index (χ1n) is 8.08.